The van der Waals surface area contributed by atoms with E-state index in [2.05, 4.69) is 35.6 Å². The highest BCUT2D eigenvalue weighted by molar-refractivity contribution is 7.92. The topological polar surface area (TPSA) is 104 Å². The fourth-order valence-electron chi connectivity index (χ4n) is 4.36. The maximum absolute atomic E-state index is 13.0. The van der Waals surface area contributed by atoms with Crippen LogP contribution >= 0.6 is 0 Å². The van der Waals surface area contributed by atoms with Crippen LogP contribution in [0.5, 0.6) is 0 Å². The highest BCUT2D eigenvalue weighted by atomic mass is 32.2. The zero-order valence-electron chi connectivity index (χ0n) is 18.8. The van der Waals surface area contributed by atoms with E-state index in [0.29, 0.717) is 18.7 Å². The minimum Gasteiger partial charge on any atom is -0.368 e. The molecule has 2 aromatic carbocycles. The number of hydrogen-bond donors (Lipinski definition) is 1. The van der Waals surface area contributed by atoms with Gasteiger partial charge < -0.3 is 9.80 Å². The number of sulfonamides is 1. The summed E-state index contributed by atoms with van der Waals surface area (Å²) >= 11 is 0. The summed E-state index contributed by atoms with van der Waals surface area (Å²) < 4.78 is 50.8. The van der Waals surface area contributed by atoms with Gasteiger partial charge in [0.15, 0.2) is 9.84 Å². The van der Waals surface area contributed by atoms with Gasteiger partial charge in [0.1, 0.15) is 0 Å². The number of hydrogen-bond acceptors (Lipinski definition) is 6. The second-order valence-electron chi connectivity index (χ2n) is 8.74. The highest BCUT2D eigenvalue weighted by Gasteiger charge is 2.31. The van der Waals surface area contributed by atoms with Gasteiger partial charge in [-0.25, -0.2) is 21.6 Å². The number of piperazine rings is 1. The lowest BCUT2D eigenvalue weighted by atomic mass is 10.1. The molecule has 2 heterocycles. The number of carbonyl (C=O) groups is 1. The molecule has 0 spiro atoms. The number of benzene rings is 2. The van der Waals surface area contributed by atoms with Crippen LogP contribution in [0.1, 0.15) is 27.9 Å². The molecule has 1 atom stereocenters. The standard InChI is InChI=1S/C23H29N3O5S2/c1-17-4-3-5-22(18(17)2)25-11-13-26(14-12-25)23(27)19-6-8-21(9-7-19)33(30,31)24-20-10-15-32(28,29)16-20/h3-9,20,24H,10-16H2,1-2H3. The first kappa shape index (κ1) is 23.7. The number of amides is 1. The Morgan fingerprint density at radius 1 is 1.00 bits per heavy atom. The third kappa shape index (κ3) is 5.23. The molecule has 0 saturated carbocycles. The van der Waals surface area contributed by atoms with Crippen LogP contribution in [0.15, 0.2) is 47.4 Å². The van der Waals surface area contributed by atoms with Crippen molar-refractivity contribution in [3.05, 3.63) is 59.2 Å². The first-order valence-corrected chi connectivity index (χ1v) is 14.3. The van der Waals surface area contributed by atoms with Crippen molar-refractivity contribution in [3.8, 4) is 0 Å². The van der Waals surface area contributed by atoms with Gasteiger partial charge in [-0.15, -0.1) is 0 Å². The Hall–Kier alpha value is -2.43. The summed E-state index contributed by atoms with van der Waals surface area (Å²) in [6.07, 6.45) is 0.270. The predicted octanol–water partition coefficient (Wildman–Crippen LogP) is 1.73. The van der Waals surface area contributed by atoms with Crippen LogP contribution in [0.2, 0.25) is 0 Å². The molecule has 2 aliphatic rings. The first-order valence-electron chi connectivity index (χ1n) is 11.0. The molecule has 1 N–H and O–H groups in total. The number of carbonyl (C=O) groups excluding carboxylic acids is 1. The third-order valence-electron chi connectivity index (χ3n) is 6.45. The molecule has 10 heteroatoms. The molecule has 1 unspecified atom stereocenters. The Bertz CT molecular complexity index is 1250. The molecule has 0 radical (unpaired) electrons. The van der Waals surface area contributed by atoms with Gasteiger partial charge in [-0.2, -0.15) is 0 Å². The fraction of sp³-hybridized carbons (Fsp3) is 0.435. The molecule has 0 aromatic heterocycles. The number of nitrogens with one attached hydrogen (secondary N) is 1. The van der Waals surface area contributed by atoms with Crippen molar-refractivity contribution in [2.24, 2.45) is 0 Å². The molecule has 8 nitrogen and oxygen atoms in total. The van der Waals surface area contributed by atoms with Crippen molar-refractivity contribution in [1.29, 1.82) is 0 Å². The van der Waals surface area contributed by atoms with E-state index in [1.165, 1.54) is 41.1 Å². The van der Waals surface area contributed by atoms with Crippen LogP contribution in [0.4, 0.5) is 5.69 Å². The van der Waals surface area contributed by atoms with Crippen LogP contribution in [-0.4, -0.2) is 71.4 Å². The predicted molar refractivity (Wildman–Crippen MR) is 128 cm³/mol. The van der Waals surface area contributed by atoms with Crippen LogP contribution in [0.3, 0.4) is 0 Å². The summed E-state index contributed by atoms with van der Waals surface area (Å²) in [4.78, 5) is 17.0. The van der Waals surface area contributed by atoms with Gasteiger partial charge in [0.25, 0.3) is 5.91 Å². The molecule has 0 aliphatic carbocycles. The molecular formula is C23H29N3O5S2. The van der Waals surface area contributed by atoms with Gasteiger partial charge in [-0.05, 0) is 61.7 Å². The normalized spacial score (nSPS) is 20.7. The molecule has 2 aliphatic heterocycles. The van der Waals surface area contributed by atoms with Gasteiger partial charge in [-0.1, -0.05) is 12.1 Å². The zero-order chi connectivity index (χ0) is 23.8. The lowest BCUT2D eigenvalue weighted by Gasteiger charge is -2.37. The van der Waals surface area contributed by atoms with Gasteiger partial charge in [0.05, 0.1) is 16.4 Å². The largest absolute Gasteiger partial charge is 0.368 e. The maximum atomic E-state index is 13.0. The lowest BCUT2D eigenvalue weighted by molar-refractivity contribution is 0.0746. The van der Waals surface area contributed by atoms with E-state index in [1.54, 1.807) is 4.90 Å². The summed E-state index contributed by atoms with van der Waals surface area (Å²) in [7, 11) is -7.04. The summed E-state index contributed by atoms with van der Waals surface area (Å²) in [5.74, 6) is -0.323. The molecule has 4 rings (SSSR count). The number of aryl methyl sites for hydroxylation is 1. The Morgan fingerprint density at radius 3 is 2.27 bits per heavy atom. The molecular weight excluding hydrogens is 462 g/mol. The molecule has 178 valence electrons. The Kier molecular flexibility index (Phi) is 6.52. The monoisotopic (exact) mass is 491 g/mol. The van der Waals surface area contributed by atoms with Gasteiger partial charge in [0.2, 0.25) is 10.0 Å². The molecule has 33 heavy (non-hydrogen) atoms. The van der Waals surface area contributed by atoms with E-state index < -0.39 is 25.9 Å². The van der Waals surface area contributed by atoms with Crippen molar-refractivity contribution in [1.82, 2.24) is 9.62 Å². The second kappa shape index (κ2) is 9.08. The van der Waals surface area contributed by atoms with E-state index in [9.17, 15) is 21.6 Å². The SMILES string of the molecule is Cc1cccc(N2CCN(C(=O)c3ccc(S(=O)(=O)NC4CCS(=O)(=O)C4)cc3)CC2)c1C. The van der Waals surface area contributed by atoms with Crippen molar-refractivity contribution < 1.29 is 21.6 Å². The van der Waals surface area contributed by atoms with E-state index >= 15 is 0 Å². The first-order chi connectivity index (χ1) is 15.6. The molecule has 2 saturated heterocycles. The van der Waals surface area contributed by atoms with Gasteiger partial charge in [0, 0.05) is 43.5 Å². The summed E-state index contributed by atoms with van der Waals surface area (Å²) in [5.41, 5.74) is 4.11. The summed E-state index contributed by atoms with van der Waals surface area (Å²) in [5, 5.41) is 0. The number of rotatable bonds is 5. The van der Waals surface area contributed by atoms with E-state index in [-0.39, 0.29) is 28.7 Å². The average Bonchev–Trinajstić information content (AvgIpc) is 3.13. The minimum absolute atomic E-state index is 0.00959. The Balaban J connectivity index is 1.38. The number of sulfone groups is 1. The van der Waals surface area contributed by atoms with E-state index in [0.717, 1.165) is 13.1 Å². The van der Waals surface area contributed by atoms with Crippen molar-refractivity contribution in [3.63, 3.8) is 0 Å². The third-order valence-corrected chi connectivity index (χ3v) is 9.75. The average molecular weight is 492 g/mol. The lowest BCUT2D eigenvalue weighted by Crippen LogP contribution is -2.49. The number of anilines is 1. The van der Waals surface area contributed by atoms with Crippen molar-refractivity contribution >= 4 is 31.5 Å². The van der Waals surface area contributed by atoms with Gasteiger partial charge >= 0.3 is 0 Å². The Labute approximate surface area is 195 Å². The highest BCUT2D eigenvalue weighted by Crippen LogP contribution is 2.24. The van der Waals surface area contributed by atoms with Crippen molar-refractivity contribution in [2.75, 3.05) is 42.6 Å². The van der Waals surface area contributed by atoms with E-state index in [1.807, 2.05) is 6.07 Å². The molecule has 0 bridgehead atoms. The van der Waals surface area contributed by atoms with E-state index in [4.69, 9.17) is 0 Å². The Morgan fingerprint density at radius 2 is 1.67 bits per heavy atom. The fourth-order valence-corrected chi connectivity index (χ4v) is 7.41. The van der Waals surface area contributed by atoms with Gasteiger partial charge in [-0.3, -0.25) is 4.79 Å². The molecule has 1 amide bonds. The molecule has 2 aromatic rings. The zero-order valence-corrected chi connectivity index (χ0v) is 20.5. The maximum Gasteiger partial charge on any atom is 0.253 e. The van der Waals surface area contributed by atoms with Crippen LogP contribution < -0.4 is 9.62 Å². The van der Waals surface area contributed by atoms with Crippen LogP contribution in [0.25, 0.3) is 0 Å². The summed E-state index contributed by atoms with van der Waals surface area (Å²) in [6, 6.07) is 11.4. The molecule has 2 fully saturated rings. The van der Waals surface area contributed by atoms with Crippen molar-refractivity contribution in [2.45, 2.75) is 31.2 Å². The smallest absolute Gasteiger partial charge is 0.253 e. The van der Waals surface area contributed by atoms with Crippen LogP contribution in [0, 0.1) is 13.8 Å². The minimum atomic E-state index is -3.85. The quantitative estimate of drug-likeness (QED) is 0.683. The number of nitrogens with zero attached hydrogens (tertiary/aromatic N) is 2. The summed E-state index contributed by atoms with van der Waals surface area (Å²) in [6.45, 7) is 6.84. The van der Waals surface area contributed by atoms with Crippen LogP contribution in [-0.2, 0) is 19.9 Å². The second-order valence-corrected chi connectivity index (χ2v) is 12.7.